The third kappa shape index (κ3) is 2.90. The maximum atomic E-state index is 13.2. The van der Waals surface area contributed by atoms with Crippen LogP contribution in [0, 0.1) is 11.6 Å². The molecule has 3 rings (SSSR count). The predicted octanol–water partition coefficient (Wildman–Crippen LogP) is 4.09. The standard InChI is InChI=1S/C15H14F2OS2/c16-11-2-1-9(5-12(11)17)6-13(18)15-7-10-8-19-4-3-14(10)20-15/h1-2,5,7,13,18H,3-4,6,8H2. The van der Waals surface area contributed by atoms with Gasteiger partial charge in [-0.1, -0.05) is 6.07 Å². The Morgan fingerprint density at radius 3 is 2.80 bits per heavy atom. The van der Waals surface area contributed by atoms with E-state index in [0.717, 1.165) is 34.9 Å². The lowest BCUT2D eigenvalue weighted by molar-refractivity contribution is 0.182. The fourth-order valence-corrected chi connectivity index (χ4v) is 4.69. The Bertz CT molecular complexity index is 601. The molecule has 1 aliphatic heterocycles. The molecule has 20 heavy (non-hydrogen) atoms. The van der Waals surface area contributed by atoms with Gasteiger partial charge in [0.15, 0.2) is 11.6 Å². The van der Waals surface area contributed by atoms with Crippen LogP contribution in [0.4, 0.5) is 8.78 Å². The summed E-state index contributed by atoms with van der Waals surface area (Å²) in [4.78, 5) is 2.27. The van der Waals surface area contributed by atoms with Crippen molar-refractivity contribution in [3.63, 3.8) is 0 Å². The summed E-state index contributed by atoms with van der Waals surface area (Å²) in [7, 11) is 0. The predicted molar refractivity (Wildman–Crippen MR) is 79.2 cm³/mol. The molecule has 1 aromatic carbocycles. The number of benzene rings is 1. The zero-order valence-corrected chi connectivity index (χ0v) is 12.4. The molecule has 0 saturated carbocycles. The Labute approximate surface area is 124 Å². The van der Waals surface area contributed by atoms with E-state index in [-0.39, 0.29) is 0 Å². The highest BCUT2D eigenvalue weighted by Gasteiger charge is 2.18. The van der Waals surface area contributed by atoms with Gasteiger partial charge in [-0.15, -0.1) is 11.3 Å². The lowest BCUT2D eigenvalue weighted by atomic mass is 10.1. The van der Waals surface area contributed by atoms with Crippen LogP contribution in [0.3, 0.4) is 0 Å². The maximum absolute atomic E-state index is 13.2. The van der Waals surface area contributed by atoms with Crippen molar-refractivity contribution in [3.05, 3.63) is 56.8 Å². The molecule has 2 heterocycles. The minimum atomic E-state index is -0.864. The number of fused-ring (bicyclic) bond motifs is 1. The number of hydrogen-bond donors (Lipinski definition) is 1. The Morgan fingerprint density at radius 2 is 2.05 bits per heavy atom. The molecule has 1 unspecified atom stereocenters. The van der Waals surface area contributed by atoms with Crippen LogP contribution in [-0.4, -0.2) is 10.9 Å². The monoisotopic (exact) mass is 312 g/mol. The van der Waals surface area contributed by atoms with Crippen molar-refractivity contribution in [2.24, 2.45) is 0 Å². The van der Waals surface area contributed by atoms with Gasteiger partial charge in [-0.25, -0.2) is 8.78 Å². The van der Waals surface area contributed by atoms with E-state index in [2.05, 4.69) is 6.07 Å². The van der Waals surface area contributed by atoms with Crippen LogP contribution in [0.5, 0.6) is 0 Å². The minimum absolute atomic E-state index is 0.309. The van der Waals surface area contributed by atoms with Crippen molar-refractivity contribution in [1.29, 1.82) is 0 Å². The quantitative estimate of drug-likeness (QED) is 0.921. The van der Waals surface area contributed by atoms with Gasteiger partial charge in [0.25, 0.3) is 0 Å². The SMILES string of the molecule is OC(Cc1ccc(F)c(F)c1)c1cc2c(s1)CCSC2. The second-order valence-corrected chi connectivity index (χ2v) is 7.14. The fraction of sp³-hybridized carbons (Fsp3) is 0.333. The Morgan fingerprint density at radius 1 is 1.20 bits per heavy atom. The van der Waals surface area contributed by atoms with Crippen molar-refractivity contribution in [2.45, 2.75) is 24.7 Å². The third-order valence-electron chi connectivity index (χ3n) is 3.39. The molecule has 5 heteroatoms. The van der Waals surface area contributed by atoms with Crippen LogP contribution in [0.25, 0.3) is 0 Å². The molecular weight excluding hydrogens is 298 g/mol. The smallest absolute Gasteiger partial charge is 0.159 e. The number of aliphatic hydroxyl groups is 1. The summed E-state index contributed by atoms with van der Waals surface area (Å²) in [6.07, 6.45) is 0.715. The molecule has 2 aromatic rings. The number of aryl methyl sites for hydroxylation is 1. The summed E-state index contributed by atoms with van der Waals surface area (Å²) in [6, 6.07) is 5.83. The first kappa shape index (κ1) is 14.0. The van der Waals surface area contributed by atoms with Crippen molar-refractivity contribution >= 4 is 23.1 Å². The highest BCUT2D eigenvalue weighted by atomic mass is 32.2. The van der Waals surface area contributed by atoms with Crippen LogP contribution >= 0.6 is 23.1 Å². The average molecular weight is 312 g/mol. The second kappa shape index (κ2) is 5.84. The number of hydrogen-bond acceptors (Lipinski definition) is 3. The summed E-state index contributed by atoms with van der Waals surface area (Å²) in [5.74, 6) is 0.416. The van der Waals surface area contributed by atoms with Gasteiger partial charge in [0.05, 0.1) is 6.10 Å². The van der Waals surface area contributed by atoms with E-state index in [1.807, 2.05) is 11.8 Å². The number of rotatable bonds is 3. The minimum Gasteiger partial charge on any atom is -0.387 e. The molecule has 0 aliphatic carbocycles. The van der Waals surface area contributed by atoms with Crippen LogP contribution < -0.4 is 0 Å². The van der Waals surface area contributed by atoms with E-state index in [0.29, 0.717) is 12.0 Å². The number of halogens is 2. The van der Waals surface area contributed by atoms with E-state index in [9.17, 15) is 13.9 Å². The number of thioether (sulfide) groups is 1. The largest absolute Gasteiger partial charge is 0.387 e. The molecule has 0 amide bonds. The summed E-state index contributed by atoms with van der Waals surface area (Å²) < 4.78 is 26.0. The van der Waals surface area contributed by atoms with Gasteiger partial charge in [-0.05, 0) is 41.5 Å². The van der Waals surface area contributed by atoms with Gasteiger partial charge in [0.1, 0.15) is 0 Å². The van der Waals surface area contributed by atoms with Crippen LogP contribution in [0.1, 0.15) is 27.0 Å². The Balaban J connectivity index is 1.76. The van der Waals surface area contributed by atoms with E-state index < -0.39 is 17.7 Å². The van der Waals surface area contributed by atoms with Gasteiger partial charge in [-0.3, -0.25) is 0 Å². The zero-order valence-electron chi connectivity index (χ0n) is 10.7. The molecule has 1 aromatic heterocycles. The lowest BCUT2D eigenvalue weighted by Crippen LogP contribution is -2.00. The molecule has 1 nitrogen and oxygen atoms in total. The summed E-state index contributed by atoms with van der Waals surface area (Å²) >= 11 is 3.54. The second-order valence-electron chi connectivity index (χ2n) is 4.87. The first-order valence-corrected chi connectivity index (χ1v) is 8.42. The maximum Gasteiger partial charge on any atom is 0.159 e. The Hall–Kier alpha value is -0.910. The zero-order chi connectivity index (χ0) is 14.1. The van der Waals surface area contributed by atoms with Crippen LogP contribution in [0.15, 0.2) is 24.3 Å². The van der Waals surface area contributed by atoms with Crippen molar-refractivity contribution in [1.82, 2.24) is 0 Å². The molecule has 0 bridgehead atoms. The Kier molecular flexibility index (Phi) is 4.10. The molecule has 0 fully saturated rings. The van der Waals surface area contributed by atoms with Crippen LogP contribution in [-0.2, 0) is 18.6 Å². The molecule has 1 atom stereocenters. The highest BCUT2D eigenvalue weighted by molar-refractivity contribution is 7.98. The van der Waals surface area contributed by atoms with E-state index in [1.54, 1.807) is 11.3 Å². The average Bonchev–Trinajstić information content (AvgIpc) is 2.87. The number of aliphatic hydroxyl groups excluding tert-OH is 1. The van der Waals surface area contributed by atoms with Gasteiger partial charge >= 0.3 is 0 Å². The molecule has 0 radical (unpaired) electrons. The van der Waals surface area contributed by atoms with Crippen molar-refractivity contribution < 1.29 is 13.9 Å². The summed E-state index contributed by atoms with van der Waals surface area (Å²) in [5.41, 5.74) is 1.92. The van der Waals surface area contributed by atoms with E-state index in [4.69, 9.17) is 0 Å². The topological polar surface area (TPSA) is 20.2 Å². The molecular formula is C15H14F2OS2. The lowest BCUT2D eigenvalue weighted by Gasteiger charge is -2.08. The molecule has 1 N–H and O–H groups in total. The van der Waals surface area contributed by atoms with Gasteiger partial charge < -0.3 is 5.11 Å². The first-order chi connectivity index (χ1) is 9.63. The van der Waals surface area contributed by atoms with Crippen LogP contribution in [0.2, 0.25) is 0 Å². The van der Waals surface area contributed by atoms with Gasteiger partial charge in [0.2, 0.25) is 0 Å². The molecule has 106 valence electrons. The van der Waals surface area contributed by atoms with Crippen molar-refractivity contribution in [2.75, 3.05) is 5.75 Å². The van der Waals surface area contributed by atoms with Gasteiger partial charge in [-0.2, -0.15) is 11.8 Å². The fourth-order valence-electron chi connectivity index (χ4n) is 2.32. The molecule has 0 saturated heterocycles. The van der Waals surface area contributed by atoms with E-state index >= 15 is 0 Å². The van der Waals surface area contributed by atoms with E-state index in [1.165, 1.54) is 16.5 Å². The third-order valence-corrected chi connectivity index (χ3v) is 5.73. The van der Waals surface area contributed by atoms with Crippen molar-refractivity contribution in [3.8, 4) is 0 Å². The molecule has 1 aliphatic rings. The first-order valence-electron chi connectivity index (χ1n) is 6.44. The highest BCUT2D eigenvalue weighted by Crippen LogP contribution is 2.35. The summed E-state index contributed by atoms with van der Waals surface area (Å²) in [6.45, 7) is 0. The van der Waals surface area contributed by atoms with Gasteiger partial charge in [0, 0.05) is 21.9 Å². The normalized spacial score (nSPS) is 15.9. The number of thiophene rings is 1. The molecule has 0 spiro atoms. The summed E-state index contributed by atoms with van der Waals surface area (Å²) in [5, 5.41) is 10.3.